The summed E-state index contributed by atoms with van der Waals surface area (Å²) in [5.74, 6) is -0.997. The van der Waals surface area contributed by atoms with Gasteiger partial charge in [0.05, 0.1) is 5.56 Å². The van der Waals surface area contributed by atoms with Gasteiger partial charge in [-0.1, -0.05) is 18.2 Å². The van der Waals surface area contributed by atoms with Gasteiger partial charge in [0.25, 0.3) is 0 Å². The van der Waals surface area contributed by atoms with Gasteiger partial charge in [0, 0.05) is 6.54 Å². The van der Waals surface area contributed by atoms with Crippen molar-refractivity contribution < 1.29 is 23.1 Å². The Kier molecular flexibility index (Phi) is 3.54. The molecule has 0 atom stereocenters. The van der Waals surface area contributed by atoms with Gasteiger partial charge in [0.1, 0.15) is 5.54 Å². The fraction of sp³-hybridized carbons (Fsp3) is 0.462. The molecule has 6 heteroatoms. The third-order valence-electron chi connectivity index (χ3n) is 3.56. The molecule has 0 bridgehead atoms. The summed E-state index contributed by atoms with van der Waals surface area (Å²) in [6.45, 7) is -0.0953. The van der Waals surface area contributed by atoms with Crippen LogP contribution >= 0.6 is 0 Å². The number of alkyl halides is 3. The average molecular weight is 273 g/mol. The zero-order chi connectivity index (χ0) is 14.1. The number of rotatable bonds is 4. The van der Waals surface area contributed by atoms with E-state index in [4.69, 9.17) is 5.11 Å². The van der Waals surface area contributed by atoms with Gasteiger partial charge in [-0.05, 0) is 30.9 Å². The summed E-state index contributed by atoms with van der Waals surface area (Å²) in [7, 11) is 0. The summed E-state index contributed by atoms with van der Waals surface area (Å²) in [6, 6.07) is 5.21. The molecule has 1 aliphatic rings. The third kappa shape index (κ3) is 2.73. The summed E-state index contributed by atoms with van der Waals surface area (Å²) in [5.41, 5.74) is -1.71. The standard InChI is InChI=1S/C13H14F3NO2/c14-13(15,16)10-5-2-1-4-9(10)8-17-12(11(18)19)6-3-7-12/h1-2,4-5,17H,3,6-8H2,(H,18,19). The molecule has 2 N–H and O–H groups in total. The maximum atomic E-state index is 12.8. The lowest BCUT2D eigenvalue weighted by Gasteiger charge is -2.38. The van der Waals surface area contributed by atoms with Gasteiger partial charge in [-0.15, -0.1) is 0 Å². The van der Waals surface area contributed by atoms with Crippen molar-refractivity contribution in [1.82, 2.24) is 5.32 Å². The fourth-order valence-corrected chi connectivity index (χ4v) is 2.21. The summed E-state index contributed by atoms with van der Waals surface area (Å²) in [5, 5.41) is 11.9. The van der Waals surface area contributed by atoms with Gasteiger partial charge >= 0.3 is 12.1 Å². The predicted molar refractivity (Wildman–Crippen MR) is 62.5 cm³/mol. The van der Waals surface area contributed by atoms with Gasteiger partial charge in [-0.3, -0.25) is 10.1 Å². The van der Waals surface area contributed by atoms with E-state index < -0.39 is 23.2 Å². The molecular formula is C13H14F3NO2. The normalized spacial score (nSPS) is 17.8. The molecule has 1 fully saturated rings. The van der Waals surface area contributed by atoms with E-state index in [0.717, 1.165) is 12.5 Å². The van der Waals surface area contributed by atoms with Crippen LogP contribution in [0.15, 0.2) is 24.3 Å². The maximum absolute atomic E-state index is 12.8. The average Bonchev–Trinajstić information content (AvgIpc) is 2.26. The summed E-state index contributed by atoms with van der Waals surface area (Å²) < 4.78 is 38.3. The van der Waals surface area contributed by atoms with Crippen LogP contribution in [-0.4, -0.2) is 16.6 Å². The molecule has 19 heavy (non-hydrogen) atoms. The van der Waals surface area contributed by atoms with E-state index in [1.165, 1.54) is 18.2 Å². The van der Waals surface area contributed by atoms with E-state index in [-0.39, 0.29) is 12.1 Å². The van der Waals surface area contributed by atoms with Crippen molar-refractivity contribution in [3.63, 3.8) is 0 Å². The number of benzene rings is 1. The van der Waals surface area contributed by atoms with Crippen LogP contribution < -0.4 is 5.32 Å². The van der Waals surface area contributed by atoms with Gasteiger partial charge in [-0.25, -0.2) is 0 Å². The number of carboxylic acids is 1. The lowest BCUT2D eigenvalue weighted by molar-refractivity contribution is -0.148. The van der Waals surface area contributed by atoms with Crippen molar-refractivity contribution in [2.75, 3.05) is 0 Å². The highest BCUT2D eigenvalue weighted by molar-refractivity contribution is 5.80. The molecule has 104 valence electrons. The molecule has 1 aromatic carbocycles. The largest absolute Gasteiger partial charge is 0.480 e. The van der Waals surface area contributed by atoms with E-state index in [1.54, 1.807) is 0 Å². The lowest BCUT2D eigenvalue weighted by atomic mass is 9.76. The second kappa shape index (κ2) is 4.85. The minimum Gasteiger partial charge on any atom is -0.480 e. The second-order valence-electron chi connectivity index (χ2n) is 4.75. The molecular weight excluding hydrogens is 259 g/mol. The molecule has 1 saturated carbocycles. The molecule has 0 radical (unpaired) electrons. The summed E-state index contributed by atoms with van der Waals surface area (Å²) in [4.78, 5) is 11.1. The minimum absolute atomic E-state index is 0.0718. The molecule has 1 aromatic rings. The number of hydrogen-bond donors (Lipinski definition) is 2. The number of carbonyl (C=O) groups is 1. The fourth-order valence-electron chi connectivity index (χ4n) is 2.21. The third-order valence-corrected chi connectivity index (χ3v) is 3.56. The van der Waals surface area contributed by atoms with E-state index >= 15 is 0 Å². The molecule has 3 nitrogen and oxygen atoms in total. The highest BCUT2D eigenvalue weighted by atomic mass is 19.4. The molecule has 0 aliphatic heterocycles. The van der Waals surface area contributed by atoms with E-state index in [2.05, 4.69) is 5.32 Å². The number of aliphatic carboxylic acids is 1. The van der Waals surface area contributed by atoms with Crippen LogP contribution in [0, 0.1) is 0 Å². The Bertz CT molecular complexity index is 481. The molecule has 0 aromatic heterocycles. The Morgan fingerprint density at radius 2 is 1.95 bits per heavy atom. The van der Waals surface area contributed by atoms with E-state index in [0.29, 0.717) is 12.8 Å². The summed E-state index contributed by atoms with van der Waals surface area (Å²) >= 11 is 0. The van der Waals surface area contributed by atoms with Crippen molar-refractivity contribution in [2.45, 2.75) is 37.5 Å². The first-order valence-corrected chi connectivity index (χ1v) is 5.99. The van der Waals surface area contributed by atoms with Gasteiger partial charge in [-0.2, -0.15) is 13.2 Å². The number of hydrogen-bond acceptors (Lipinski definition) is 2. The maximum Gasteiger partial charge on any atom is 0.416 e. The topological polar surface area (TPSA) is 49.3 Å². The van der Waals surface area contributed by atoms with Crippen molar-refractivity contribution in [3.8, 4) is 0 Å². The Morgan fingerprint density at radius 3 is 2.42 bits per heavy atom. The molecule has 0 unspecified atom stereocenters. The molecule has 0 spiro atoms. The Balaban J connectivity index is 2.14. The molecule has 0 saturated heterocycles. The molecule has 2 rings (SSSR count). The van der Waals surface area contributed by atoms with Crippen molar-refractivity contribution in [3.05, 3.63) is 35.4 Å². The molecule has 1 aliphatic carbocycles. The first-order chi connectivity index (χ1) is 8.85. The van der Waals surface area contributed by atoms with Crippen LogP contribution in [-0.2, 0) is 17.5 Å². The zero-order valence-electron chi connectivity index (χ0n) is 10.1. The second-order valence-corrected chi connectivity index (χ2v) is 4.75. The number of nitrogens with one attached hydrogen (secondary N) is 1. The van der Waals surface area contributed by atoms with Crippen molar-refractivity contribution in [2.24, 2.45) is 0 Å². The smallest absolute Gasteiger partial charge is 0.416 e. The zero-order valence-corrected chi connectivity index (χ0v) is 10.1. The van der Waals surface area contributed by atoms with E-state index in [9.17, 15) is 18.0 Å². The van der Waals surface area contributed by atoms with Crippen LogP contribution in [0.4, 0.5) is 13.2 Å². The number of carboxylic acid groups (broad SMARTS) is 1. The molecule has 0 heterocycles. The predicted octanol–water partition coefficient (Wildman–Crippen LogP) is 2.80. The van der Waals surface area contributed by atoms with E-state index in [1.807, 2.05) is 0 Å². The van der Waals surface area contributed by atoms with Crippen molar-refractivity contribution >= 4 is 5.97 Å². The number of halogens is 3. The van der Waals surface area contributed by atoms with Crippen LogP contribution in [0.25, 0.3) is 0 Å². The lowest BCUT2D eigenvalue weighted by Crippen LogP contribution is -2.56. The van der Waals surface area contributed by atoms with Crippen LogP contribution in [0.1, 0.15) is 30.4 Å². The van der Waals surface area contributed by atoms with Gasteiger partial charge < -0.3 is 5.11 Å². The minimum atomic E-state index is -4.42. The van der Waals surface area contributed by atoms with Crippen LogP contribution in [0.5, 0.6) is 0 Å². The van der Waals surface area contributed by atoms with Gasteiger partial charge in [0.2, 0.25) is 0 Å². The van der Waals surface area contributed by atoms with Crippen LogP contribution in [0.3, 0.4) is 0 Å². The molecule has 0 amide bonds. The Hall–Kier alpha value is -1.56. The van der Waals surface area contributed by atoms with Gasteiger partial charge in [0.15, 0.2) is 0 Å². The quantitative estimate of drug-likeness (QED) is 0.886. The van der Waals surface area contributed by atoms with Crippen LogP contribution in [0.2, 0.25) is 0 Å². The Morgan fingerprint density at radius 1 is 1.32 bits per heavy atom. The van der Waals surface area contributed by atoms with Crippen molar-refractivity contribution in [1.29, 1.82) is 0 Å². The first-order valence-electron chi connectivity index (χ1n) is 5.99. The highest BCUT2D eigenvalue weighted by Crippen LogP contribution is 2.34. The summed E-state index contributed by atoms with van der Waals surface area (Å²) in [6.07, 6.45) is -2.73. The first kappa shape index (κ1) is 13.9. The SMILES string of the molecule is O=C(O)C1(NCc2ccccc2C(F)(F)F)CCC1. The Labute approximate surface area is 108 Å². The monoisotopic (exact) mass is 273 g/mol. The highest BCUT2D eigenvalue weighted by Gasteiger charge is 2.44.